The Balaban J connectivity index is 2.96. The molecule has 0 heterocycles. The van der Waals surface area contributed by atoms with Gasteiger partial charge in [0.15, 0.2) is 0 Å². The number of amides is 1. The largest absolute Gasteiger partial charge is 0.497 e. The molecule has 0 aliphatic rings. The molecule has 1 amide bonds. The van der Waals surface area contributed by atoms with Gasteiger partial charge in [-0.2, -0.15) is 13.2 Å². The van der Waals surface area contributed by atoms with E-state index in [4.69, 9.17) is 9.84 Å². The van der Waals surface area contributed by atoms with Crippen LogP contribution < -0.4 is 10.1 Å². The van der Waals surface area contributed by atoms with Crippen LogP contribution in [-0.4, -0.2) is 31.5 Å². The van der Waals surface area contributed by atoms with Gasteiger partial charge in [-0.25, -0.2) is 4.79 Å². The highest BCUT2D eigenvalue weighted by Gasteiger charge is 2.34. The fourth-order valence-electron chi connectivity index (χ4n) is 1.28. The number of rotatable bonds is 4. The number of methoxy groups -OCH3 is 1. The van der Waals surface area contributed by atoms with Crippen molar-refractivity contribution in [2.75, 3.05) is 25.6 Å². The van der Waals surface area contributed by atoms with Gasteiger partial charge >= 0.3 is 12.3 Å². The molecule has 0 aromatic heterocycles. The van der Waals surface area contributed by atoms with Gasteiger partial charge in [0.1, 0.15) is 12.4 Å². The highest BCUT2D eigenvalue weighted by Crippen LogP contribution is 2.37. The summed E-state index contributed by atoms with van der Waals surface area (Å²) in [4.78, 5) is 11.2. The predicted molar refractivity (Wildman–Crippen MR) is 60.1 cm³/mol. The van der Waals surface area contributed by atoms with Gasteiger partial charge in [-0.3, -0.25) is 5.32 Å². The van der Waals surface area contributed by atoms with E-state index in [-0.39, 0.29) is 12.4 Å². The fourth-order valence-corrected chi connectivity index (χ4v) is 1.28. The zero-order chi connectivity index (χ0) is 14.5. The molecule has 19 heavy (non-hydrogen) atoms. The smallest absolute Gasteiger partial charge is 0.418 e. The second-order valence-electron chi connectivity index (χ2n) is 3.39. The second-order valence-corrected chi connectivity index (χ2v) is 3.39. The molecular formula is C11H12F3NO4. The molecule has 0 aliphatic carbocycles. The van der Waals surface area contributed by atoms with E-state index in [1.807, 2.05) is 5.32 Å². The molecule has 0 bridgehead atoms. The van der Waals surface area contributed by atoms with Crippen LogP contribution in [0.1, 0.15) is 5.56 Å². The third kappa shape index (κ3) is 4.32. The molecule has 5 nitrogen and oxygen atoms in total. The van der Waals surface area contributed by atoms with Crippen molar-refractivity contribution in [3.8, 4) is 5.75 Å². The minimum Gasteiger partial charge on any atom is -0.497 e. The number of anilines is 1. The molecule has 0 aliphatic heterocycles. The van der Waals surface area contributed by atoms with Crippen molar-refractivity contribution in [2.45, 2.75) is 6.18 Å². The van der Waals surface area contributed by atoms with Crippen LogP contribution in [0, 0.1) is 0 Å². The number of carbonyl (C=O) groups excluding carboxylic acids is 1. The lowest BCUT2D eigenvalue weighted by molar-refractivity contribution is -0.137. The number of ether oxygens (including phenoxy) is 2. The minimum atomic E-state index is -4.64. The van der Waals surface area contributed by atoms with Crippen LogP contribution in [-0.2, 0) is 10.9 Å². The Morgan fingerprint density at radius 1 is 1.42 bits per heavy atom. The van der Waals surface area contributed by atoms with E-state index >= 15 is 0 Å². The van der Waals surface area contributed by atoms with Crippen molar-refractivity contribution in [1.82, 2.24) is 0 Å². The quantitative estimate of drug-likeness (QED) is 0.887. The Morgan fingerprint density at radius 2 is 2.11 bits per heavy atom. The summed E-state index contributed by atoms with van der Waals surface area (Å²) in [5.74, 6) is 0.0154. The van der Waals surface area contributed by atoms with Gasteiger partial charge in [-0.05, 0) is 18.2 Å². The number of carbonyl (C=O) groups is 1. The molecule has 0 radical (unpaired) electrons. The molecule has 0 spiro atoms. The summed E-state index contributed by atoms with van der Waals surface area (Å²) in [6, 6.07) is 3.10. The van der Waals surface area contributed by atoms with Crippen LogP contribution in [0.3, 0.4) is 0 Å². The molecule has 8 heteroatoms. The maximum atomic E-state index is 12.8. The third-order valence-corrected chi connectivity index (χ3v) is 2.09. The SMILES string of the molecule is COc1ccc(NC(=O)OCCO)c(C(F)(F)F)c1. The zero-order valence-electron chi connectivity index (χ0n) is 9.95. The van der Waals surface area contributed by atoms with E-state index in [1.54, 1.807) is 0 Å². The maximum Gasteiger partial charge on any atom is 0.418 e. The first-order valence-electron chi connectivity index (χ1n) is 5.18. The molecule has 106 valence electrons. The van der Waals surface area contributed by atoms with Gasteiger partial charge in [0, 0.05) is 0 Å². The summed E-state index contributed by atoms with van der Waals surface area (Å²) in [5.41, 5.74) is -1.50. The second kappa shape index (κ2) is 6.28. The Labute approximate surface area is 106 Å². The lowest BCUT2D eigenvalue weighted by Crippen LogP contribution is -2.19. The first-order valence-corrected chi connectivity index (χ1v) is 5.18. The molecular weight excluding hydrogens is 267 g/mol. The standard InChI is InChI=1S/C11H12F3NO4/c1-18-7-2-3-9(8(6-7)11(12,13)14)15-10(17)19-5-4-16/h2-3,6,16H,4-5H2,1H3,(H,15,17). The van der Waals surface area contributed by atoms with Crippen LogP contribution in [0.4, 0.5) is 23.7 Å². The van der Waals surface area contributed by atoms with E-state index in [9.17, 15) is 18.0 Å². The zero-order valence-corrected chi connectivity index (χ0v) is 9.95. The van der Waals surface area contributed by atoms with E-state index in [2.05, 4.69) is 4.74 Å². The van der Waals surface area contributed by atoms with Gasteiger partial charge in [0.2, 0.25) is 0 Å². The molecule has 1 rings (SSSR count). The van der Waals surface area contributed by atoms with Crippen molar-refractivity contribution in [3.63, 3.8) is 0 Å². The van der Waals surface area contributed by atoms with E-state index in [1.165, 1.54) is 13.2 Å². The average Bonchev–Trinajstić information content (AvgIpc) is 2.35. The molecule has 0 unspecified atom stereocenters. The van der Waals surface area contributed by atoms with Crippen LogP contribution >= 0.6 is 0 Å². The lowest BCUT2D eigenvalue weighted by Gasteiger charge is -2.14. The highest BCUT2D eigenvalue weighted by atomic mass is 19.4. The van der Waals surface area contributed by atoms with Gasteiger partial charge in [0.25, 0.3) is 0 Å². The van der Waals surface area contributed by atoms with Crippen LogP contribution in [0.5, 0.6) is 5.75 Å². The molecule has 0 saturated carbocycles. The molecule has 0 fully saturated rings. The van der Waals surface area contributed by atoms with E-state index in [0.717, 1.165) is 12.1 Å². The maximum absolute atomic E-state index is 12.8. The first kappa shape index (κ1) is 15.1. The van der Waals surface area contributed by atoms with Crippen molar-refractivity contribution in [2.24, 2.45) is 0 Å². The number of hydrogen-bond donors (Lipinski definition) is 2. The Hall–Kier alpha value is -1.96. The number of aliphatic hydroxyl groups excluding tert-OH is 1. The normalized spacial score (nSPS) is 11.0. The average molecular weight is 279 g/mol. The van der Waals surface area contributed by atoms with Gasteiger partial charge in [0.05, 0.1) is 25.0 Å². The number of nitrogens with one attached hydrogen (secondary N) is 1. The van der Waals surface area contributed by atoms with Crippen molar-refractivity contribution < 1.29 is 32.5 Å². The molecule has 0 atom stereocenters. The number of alkyl halides is 3. The van der Waals surface area contributed by atoms with Crippen LogP contribution in [0.2, 0.25) is 0 Å². The van der Waals surface area contributed by atoms with Gasteiger partial charge < -0.3 is 14.6 Å². The number of halogens is 3. The lowest BCUT2D eigenvalue weighted by atomic mass is 10.1. The first-order chi connectivity index (χ1) is 8.88. The van der Waals surface area contributed by atoms with Gasteiger partial charge in [-0.1, -0.05) is 0 Å². The monoisotopic (exact) mass is 279 g/mol. The fraction of sp³-hybridized carbons (Fsp3) is 0.364. The summed E-state index contributed by atoms with van der Waals surface area (Å²) in [6.07, 6.45) is -5.72. The predicted octanol–water partition coefficient (Wildman–Crippen LogP) is 2.25. The number of aliphatic hydroxyl groups is 1. The van der Waals surface area contributed by atoms with Crippen molar-refractivity contribution in [3.05, 3.63) is 23.8 Å². The summed E-state index contributed by atoms with van der Waals surface area (Å²) >= 11 is 0. The number of benzene rings is 1. The van der Waals surface area contributed by atoms with Crippen molar-refractivity contribution in [1.29, 1.82) is 0 Å². The molecule has 1 aromatic carbocycles. The Bertz CT molecular complexity index is 448. The van der Waals surface area contributed by atoms with E-state index < -0.39 is 30.1 Å². The van der Waals surface area contributed by atoms with Crippen LogP contribution in [0.15, 0.2) is 18.2 Å². The summed E-state index contributed by atoms with van der Waals surface area (Å²) in [7, 11) is 1.23. The van der Waals surface area contributed by atoms with Gasteiger partial charge in [-0.15, -0.1) is 0 Å². The molecule has 2 N–H and O–H groups in total. The summed E-state index contributed by atoms with van der Waals surface area (Å²) in [5, 5.41) is 10.4. The van der Waals surface area contributed by atoms with E-state index in [0.29, 0.717) is 0 Å². The number of hydrogen-bond acceptors (Lipinski definition) is 4. The van der Waals surface area contributed by atoms with Crippen molar-refractivity contribution >= 4 is 11.8 Å². The topological polar surface area (TPSA) is 67.8 Å². The summed E-state index contributed by atoms with van der Waals surface area (Å²) < 4.78 is 47.5. The molecule has 0 saturated heterocycles. The summed E-state index contributed by atoms with van der Waals surface area (Å²) in [6.45, 7) is -0.717. The van der Waals surface area contributed by atoms with Crippen LogP contribution in [0.25, 0.3) is 0 Å². The Kier molecular flexibility index (Phi) is 4.99. The molecule has 1 aromatic rings. The minimum absolute atomic E-state index is 0.0154. The highest BCUT2D eigenvalue weighted by molar-refractivity contribution is 5.86. The third-order valence-electron chi connectivity index (χ3n) is 2.09. The Morgan fingerprint density at radius 3 is 2.63 bits per heavy atom.